The molecule has 4 heterocycles. The number of H-pyrrole nitrogens is 2. The molecule has 3 aliphatic rings. The summed E-state index contributed by atoms with van der Waals surface area (Å²) in [7, 11) is 0. The summed E-state index contributed by atoms with van der Waals surface area (Å²) < 4.78 is 0. The number of nitrogens with zero attached hydrogens (tertiary/aromatic N) is 4. The van der Waals surface area contributed by atoms with Gasteiger partial charge in [-0.3, -0.25) is 19.6 Å². The standard InChI is InChI=1S/C29H30N6O2/c36-27(25-16-21-8-4-5-9-23(21)30-25)33-13-10-24-22(18-33)26(32-31-24)28(37)34-14-15-35(29(19-34)11-12-29)17-20-6-2-1-3-7-20/h1-9,16,30H,10-15,17-19H2,(H,31,32). The molecular formula is C29H30N6O2. The lowest BCUT2D eigenvalue weighted by Gasteiger charge is -2.42. The number of fused-ring (bicyclic) bond motifs is 2. The largest absolute Gasteiger partial charge is 0.351 e. The molecule has 7 rings (SSSR count). The van der Waals surface area contributed by atoms with Gasteiger partial charge in [0.2, 0.25) is 0 Å². The van der Waals surface area contributed by atoms with Crippen LogP contribution < -0.4 is 0 Å². The number of hydrogen-bond donors (Lipinski definition) is 2. The first-order valence-electron chi connectivity index (χ1n) is 13.1. The highest BCUT2D eigenvalue weighted by molar-refractivity contribution is 5.98. The van der Waals surface area contributed by atoms with Gasteiger partial charge in [0, 0.05) is 66.8 Å². The van der Waals surface area contributed by atoms with Gasteiger partial charge in [-0.25, -0.2) is 0 Å². The number of carbonyl (C=O) groups excluding carboxylic acids is 2. The third-order valence-corrected chi connectivity index (χ3v) is 8.31. The second-order valence-corrected chi connectivity index (χ2v) is 10.6. The molecule has 1 saturated carbocycles. The molecule has 2 aromatic heterocycles. The Morgan fingerprint density at radius 2 is 1.73 bits per heavy atom. The smallest absolute Gasteiger partial charge is 0.274 e. The summed E-state index contributed by atoms with van der Waals surface area (Å²) in [5.74, 6) is -0.0732. The SMILES string of the molecule is O=C(c1cc2ccccc2[nH]1)N1CCc2[nH]nc(C(=O)N3CCN(Cc4ccccc4)C4(CC4)C3)c2C1. The summed E-state index contributed by atoms with van der Waals surface area (Å²) in [5, 5.41) is 8.56. The molecule has 0 radical (unpaired) electrons. The van der Waals surface area contributed by atoms with Gasteiger partial charge < -0.3 is 14.8 Å². The van der Waals surface area contributed by atoms with Crippen molar-refractivity contribution in [3.63, 3.8) is 0 Å². The van der Waals surface area contributed by atoms with Crippen molar-refractivity contribution < 1.29 is 9.59 Å². The Labute approximate surface area is 215 Å². The number of nitrogens with one attached hydrogen (secondary N) is 2. The normalized spacial score (nSPS) is 18.8. The molecule has 2 aliphatic heterocycles. The van der Waals surface area contributed by atoms with Gasteiger partial charge >= 0.3 is 0 Å². The van der Waals surface area contributed by atoms with Crippen molar-refractivity contribution in [3.8, 4) is 0 Å². The molecule has 8 nitrogen and oxygen atoms in total. The zero-order valence-electron chi connectivity index (χ0n) is 20.7. The molecule has 8 heteroatoms. The van der Waals surface area contributed by atoms with Crippen LogP contribution in [0.4, 0.5) is 0 Å². The maximum Gasteiger partial charge on any atom is 0.274 e. The van der Waals surface area contributed by atoms with Crippen LogP contribution in [0.5, 0.6) is 0 Å². The number of hydrogen-bond acceptors (Lipinski definition) is 4. The number of amides is 2. The Kier molecular flexibility index (Phi) is 5.18. The number of para-hydroxylation sites is 1. The quantitative estimate of drug-likeness (QED) is 0.454. The molecule has 2 N–H and O–H groups in total. The van der Waals surface area contributed by atoms with E-state index in [-0.39, 0.29) is 17.4 Å². The van der Waals surface area contributed by atoms with E-state index in [1.807, 2.05) is 46.2 Å². The van der Waals surface area contributed by atoms with Gasteiger partial charge in [0.1, 0.15) is 5.69 Å². The van der Waals surface area contributed by atoms with Gasteiger partial charge in [0.15, 0.2) is 5.69 Å². The number of benzene rings is 2. The van der Waals surface area contributed by atoms with E-state index in [1.165, 1.54) is 5.56 Å². The van der Waals surface area contributed by atoms with Gasteiger partial charge in [0.05, 0.1) is 6.54 Å². The molecule has 0 atom stereocenters. The lowest BCUT2D eigenvalue weighted by molar-refractivity contribution is 0.0379. The summed E-state index contributed by atoms with van der Waals surface area (Å²) in [4.78, 5) is 36.6. The first-order chi connectivity index (χ1) is 18.1. The fourth-order valence-corrected chi connectivity index (χ4v) is 6.01. The molecular weight excluding hydrogens is 464 g/mol. The van der Waals surface area contributed by atoms with Crippen LogP contribution in [-0.4, -0.2) is 73.4 Å². The van der Waals surface area contributed by atoms with Gasteiger partial charge in [-0.05, 0) is 30.5 Å². The van der Waals surface area contributed by atoms with Crippen molar-refractivity contribution in [1.29, 1.82) is 0 Å². The van der Waals surface area contributed by atoms with E-state index in [9.17, 15) is 9.59 Å². The van der Waals surface area contributed by atoms with E-state index in [0.717, 1.165) is 54.6 Å². The third kappa shape index (κ3) is 3.92. The maximum absolute atomic E-state index is 13.7. The van der Waals surface area contributed by atoms with E-state index in [2.05, 4.69) is 44.3 Å². The molecule has 2 fully saturated rings. The van der Waals surface area contributed by atoms with Gasteiger partial charge in [-0.1, -0.05) is 48.5 Å². The van der Waals surface area contributed by atoms with Gasteiger partial charge in [-0.2, -0.15) is 5.10 Å². The number of rotatable bonds is 4. The lowest BCUT2D eigenvalue weighted by atomic mass is 10.0. The zero-order chi connectivity index (χ0) is 25.0. The summed E-state index contributed by atoms with van der Waals surface area (Å²) >= 11 is 0. The molecule has 37 heavy (non-hydrogen) atoms. The number of aromatic nitrogens is 3. The zero-order valence-corrected chi connectivity index (χ0v) is 20.7. The third-order valence-electron chi connectivity index (χ3n) is 8.31. The first-order valence-corrected chi connectivity index (χ1v) is 13.1. The second-order valence-electron chi connectivity index (χ2n) is 10.6. The summed E-state index contributed by atoms with van der Waals surface area (Å²) in [6.07, 6.45) is 2.90. The van der Waals surface area contributed by atoms with Crippen molar-refractivity contribution in [3.05, 3.63) is 88.9 Å². The molecule has 2 amide bonds. The van der Waals surface area contributed by atoms with E-state index >= 15 is 0 Å². The van der Waals surface area contributed by atoms with Gasteiger partial charge in [0.25, 0.3) is 11.8 Å². The van der Waals surface area contributed by atoms with Crippen LogP contribution in [0.3, 0.4) is 0 Å². The fraction of sp³-hybridized carbons (Fsp3) is 0.345. The van der Waals surface area contributed by atoms with Crippen molar-refractivity contribution in [1.82, 2.24) is 29.9 Å². The molecule has 1 aliphatic carbocycles. The van der Waals surface area contributed by atoms with E-state index in [0.29, 0.717) is 37.4 Å². The molecule has 0 bridgehead atoms. The first kappa shape index (κ1) is 22.3. The second kappa shape index (κ2) is 8.59. The highest BCUT2D eigenvalue weighted by Crippen LogP contribution is 2.45. The minimum atomic E-state index is -0.0482. The number of carbonyl (C=O) groups is 2. The van der Waals surface area contributed by atoms with E-state index in [4.69, 9.17) is 0 Å². The van der Waals surface area contributed by atoms with Crippen LogP contribution in [0.15, 0.2) is 60.7 Å². The van der Waals surface area contributed by atoms with Crippen LogP contribution in [0.2, 0.25) is 0 Å². The highest BCUT2D eigenvalue weighted by Gasteiger charge is 2.52. The Morgan fingerprint density at radius 1 is 0.919 bits per heavy atom. The van der Waals surface area contributed by atoms with Crippen molar-refractivity contribution in [2.45, 2.75) is 37.9 Å². The minimum absolute atomic E-state index is 0.0250. The van der Waals surface area contributed by atoms with E-state index in [1.54, 1.807) is 0 Å². The van der Waals surface area contributed by atoms with Crippen LogP contribution in [0, 0.1) is 0 Å². The van der Waals surface area contributed by atoms with Crippen molar-refractivity contribution in [2.24, 2.45) is 0 Å². The average molecular weight is 495 g/mol. The molecule has 1 saturated heterocycles. The fourth-order valence-electron chi connectivity index (χ4n) is 6.01. The highest BCUT2D eigenvalue weighted by atomic mass is 16.2. The topological polar surface area (TPSA) is 88.3 Å². The summed E-state index contributed by atoms with van der Waals surface area (Å²) in [5.41, 5.74) is 5.21. The minimum Gasteiger partial charge on any atom is -0.351 e. The van der Waals surface area contributed by atoms with Crippen LogP contribution >= 0.6 is 0 Å². The van der Waals surface area contributed by atoms with Crippen LogP contribution in [0.1, 0.15) is 50.6 Å². The van der Waals surface area contributed by atoms with Crippen molar-refractivity contribution in [2.75, 3.05) is 26.2 Å². The van der Waals surface area contributed by atoms with Gasteiger partial charge in [-0.15, -0.1) is 0 Å². The predicted molar refractivity (Wildman–Crippen MR) is 140 cm³/mol. The van der Waals surface area contributed by atoms with E-state index < -0.39 is 0 Å². The van der Waals surface area contributed by atoms with Crippen LogP contribution in [-0.2, 0) is 19.5 Å². The molecule has 188 valence electrons. The molecule has 4 aromatic rings. The number of aromatic amines is 2. The monoisotopic (exact) mass is 494 g/mol. The maximum atomic E-state index is 13.7. The Hall–Kier alpha value is -3.91. The number of piperazine rings is 1. The Bertz CT molecular complexity index is 1450. The predicted octanol–water partition coefficient (Wildman–Crippen LogP) is 3.58. The lowest BCUT2D eigenvalue weighted by Crippen LogP contribution is -2.56. The summed E-state index contributed by atoms with van der Waals surface area (Å²) in [6.45, 7) is 4.19. The van der Waals surface area contributed by atoms with Crippen molar-refractivity contribution >= 4 is 22.7 Å². The molecule has 1 spiro atoms. The molecule has 0 unspecified atom stereocenters. The average Bonchev–Trinajstić information content (AvgIpc) is 3.36. The Balaban J connectivity index is 1.07. The Morgan fingerprint density at radius 3 is 2.54 bits per heavy atom. The molecule has 2 aromatic carbocycles. The van der Waals surface area contributed by atoms with Crippen LogP contribution in [0.25, 0.3) is 10.9 Å². The summed E-state index contributed by atoms with van der Waals surface area (Å²) in [6, 6.07) is 20.4.